The Morgan fingerprint density at radius 1 is 1.32 bits per heavy atom. The lowest BCUT2D eigenvalue weighted by atomic mass is 10.1. The summed E-state index contributed by atoms with van der Waals surface area (Å²) in [6.45, 7) is 2.02. The number of hydrogen-bond donors (Lipinski definition) is 2. The highest BCUT2D eigenvalue weighted by Crippen LogP contribution is 2.38. The lowest BCUT2D eigenvalue weighted by Crippen LogP contribution is -2.01. The van der Waals surface area contributed by atoms with Crippen molar-refractivity contribution in [1.29, 1.82) is 5.41 Å². The van der Waals surface area contributed by atoms with Crippen LogP contribution in [0.5, 0.6) is 0 Å². The van der Waals surface area contributed by atoms with Gasteiger partial charge < -0.3 is 10.7 Å². The Hall–Kier alpha value is -2.53. The zero-order chi connectivity index (χ0) is 17.4. The summed E-state index contributed by atoms with van der Waals surface area (Å²) >= 11 is 1.51. The van der Waals surface area contributed by atoms with E-state index in [-0.39, 0.29) is 5.78 Å². The van der Waals surface area contributed by atoms with E-state index in [9.17, 15) is 4.79 Å². The van der Waals surface area contributed by atoms with Crippen molar-refractivity contribution in [2.45, 2.75) is 32.6 Å². The van der Waals surface area contributed by atoms with Gasteiger partial charge in [0.25, 0.3) is 0 Å². The van der Waals surface area contributed by atoms with Crippen LogP contribution in [0.4, 0.5) is 11.4 Å². The highest BCUT2D eigenvalue weighted by Gasteiger charge is 2.20. The van der Waals surface area contributed by atoms with E-state index >= 15 is 0 Å². The molecule has 0 amide bonds. The summed E-state index contributed by atoms with van der Waals surface area (Å²) in [5, 5.41) is 12.5. The predicted molar refractivity (Wildman–Crippen MR) is 104 cm³/mol. The zero-order valence-electron chi connectivity index (χ0n) is 14.1. The molecule has 0 fully saturated rings. The maximum absolute atomic E-state index is 12.6. The van der Waals surface area contributed by atoms with E-state index in [4.69, 9.17) is 5.41 Å². The molecule has 2 heterocycles. The van der Waals surface area contributed by atoms with Crippen molar-refractivity contribution in [2.75, 3.05) is 5.32 Å². The first-order valence-electron chi connectivity index (χ1n) is 8.55. The zero-order valence-corrected chi connectivity index (χ0v) is 14.9. The van der Waals surface area contributed by atoms with Crippen LogP contribution in [0.2, 0.25) is 0 Å². The summed E-state index contributed by atoms with van der Waals surface area (Å²) in [5.74, 6) is 0.175. The average Bonchev–Trinajstić information content (AvgIpc) is 3.17. The van der Waals surface area contributed by atoms with Gasteiger partial charge in [-0.3, -0.25) is 9.78 Å². The van der Waals surface area contributed by atoms with Gasteiger partial charge in [-0.15, -0.1) is 11.3 Å². The monoisotopic (exact) mass is 349 g/mol. The van der Waals surface area contributed by atoms with Crippen LogP contribution >= 0.6 is 11.3 Å². The summed E-state index contributed by atoms with van der Waals surface area (Å²) in [6, 6.07) is 8.07. The minimum Gasteiger partial charge on any atom is -0.354 e. The lowest BCUT2D eigenvalue weighted by molar-refractivity contribution is 0.0986. The first-order chi connectivity index (χ1) is 12.2. The molecular formula is C20H19N3OS. The molecule has 4 rings (SSSR count). The van der Waals surface area contributed by atoms with Crippen LogP contribution in [0.3, 0.4) is 0 Å². The predicted octanol–water partition coefficient (Wildman–Crippen LogP) is 5.34. The number of aromatic nitrogens is 1. The molecule has 4 nitrogen and oxygen atoms in total. The molecule has 126 valence electrons. The second kappa shape index (κ2) is 6.41. The fraction of sp³-hybridized carbons (Fsp3) is 0.250. The van der Waals surface area contributed by atoms with Crippen molar-refractivity contribution >= 4 is 44.3 Å². The number of nitrogens with one attached hydrogen (secondary N) is 2. The highest BCUT2D eigenvalue weighted by atomic mass is 32.1. The van der Waals surface area contributed by atoms with Gasteiger partial charge in [-0.05, 0) is 48.6 Å². The summed E-state index contributed by atoms with van der Waals surface area (Å²) in [4.78, 5) is 17.5. The molecule has 0 unspecified atom stereocenters. The van der Waals surface area contributed by atoms with E-state index in [0.29, 0.717) is 12.1 Å². The quantitative estimate of drug-likeness (QED) is 0.611. The van der Waals surface area contributed by atoms with Gasteiger partial charge >= 0.3 is 0 Å². The third-order valence-electron chi connectivity index (χ3n) is 4.57. The molecule has 0 atom stereocenters. The van der Waals surface area contributed by atoms with Crippen molar-refractivity contribution in [1.82, 2.24) is 4.98 Å². The number of benzene rings is 1. The molecule has 3 aromatic rings. The molecule has 5 heteroatoms. The number of hydrogen-bond acceptors (Lipinski definition) is 5. The normalized spacial score (nSPS) is 13.2. The maximum atomic E-state index is 12.6. The van der Waals surface area contributed by atoms with Gasteiger partial charge in [0.15, 0.2) is 5.78 Å². The number of nitrogens with zero attached hydrogens (tertiary/aromatic N) is 1. The Labute approximate surface area is 150 Å². The van der Waals surface area contributed by atoms with E-state index in [1.54, 1.807) is 6.20 Å². The van der Waals surface area contributed by atoms with Crippen LogP contribution in [-0.2, 0) is 6.42 Å². The van der Waals surface area contributed by atoms with Crippen LogP contribution in [-0.4, -0.2) is 16.5 Å². The molecule has 1 aliphatic rings. The molecule has 1 aromatic carbocycles. The maximum Gasteiger partial charge on any atom is 0.174 e. The molecule has 1 aliphatic carbocycles. The van der Waals surface area contributed by atoms with Gasteiger partial charge in [0.2, 0.25) is 0 Å². The van der Waals surface area contributed by atoms with Crippen LogP contribution in [0, 0.1) is 5.41 Å². The van der Waals surface area contributed by atoms with Crippen molar-refractivity contribution in [3.63, 3.8) is 0 Å². The number of fused-ring (bicyclic) bond motifs is 2. The molecular weight excluding hydrogens is 330 g/mol. The molecule has 25 heavy (non-hydrogen) atoms. The van der Waals surface area contributed by atoms with Gasteiger partial charge in [-0.2, -0.15) is 0 Å². The van der Waals surface area contributed by atoms with E-state index in [1.165, 1.54) is 16.9 Å². The summed E-state index contributed by atoms with van der Waals surface area (Å²) in [5.41, 5.74) is 4.82. The van der Waals surface area contributed by atoms with Gasteiger partial charge in [0.1, 0.15) is 0 Å². The van der Waals surface area contributed by atoms with Crippen LogP contribution < -0.4 is 5.32 Å². The van der Waals surface area contributed by atoms with Gasteiger partial charge in [-0.25, -0.2) is 0 Å². The topological polar surface area (TPSA) is 65.8 Å². The Kier molecular flexibility index (Phi) is 4.09. The van der Waals surface area contributed by atoms with E-state index < -0.39 is 0 Å². The SMILES string of the molecule is CCCC(=O)c1sc2cnccc2c1Nc1ccc2c(c1)CCC2=N. The standard InChI is InChI=1S/C20H19N3OS/c1-2-3-17(24)20-19(15-8-9-22-11-18(15)25-20)23-13-5-6-14-12(10-13)4-7-16(14)21/h5-6,8-11,21,23H,2-4,7H2,1H3. The smallest absolute Gasteiger partial charge is 0.174 e. The number of rotatable bonds is 5. The van der Waals surface area contributed by atoms with E-state index in [0.717, 1.165) is 51.2 Å². The van der Waals surface area contributed by atoms with Gasteiger partial charge in [0.05, 0.1) is 15.3 Å². The van der Waals surface area contributed by atoms with E-state index in [2.05, 4.69) is 16.4 Å². The van der Waals surface area contributed by atoms with Crippen LogP contribution in [0.1, 0.15) is 47.0 Å². The largest absolute Gasteiger partial charge is 0.354 e. The molecule has 0 radical (unpaired) electrons. The number of carbonyl (C=O) groups excluding carboxylic acids is 1. The number of aryl methyl sites for hydroxylation is 1. The highest BCUT2D eigenvalue weighted by molar-refractivity contribution is 7.21. The fourth-order valence-electron chi connectivity index (χ4n) is 3.32. The number of anilines is 2. The summed E-state index contributed by atoms with van der Waals surface area (Å²) in [7, 11) is 0. The first kappa shape index (κ1) is 16.0. The number of Topliss-reactive ketones (excluding diaryl/α,β-unsaturated/α-hetero) is 1. The van der Waals surface area contributed by atoms with Crippen LogP contribution in [0.15, 0.2) is 36.7 Å². The summed E-state index contributed by atoms with van der Waals surface area (Å²) < 4.78 is 1.02. The molecule has 0 aliphatic heterocycles. The number of ketones is 1. The van der Waals surface area contributed by atoms with E-state index in [1.807, 2.05) is 31.3 Å². The minimum atomic E-state index is 0.175. The Morgan fingerprint density at radius 2 is 2.20 bits per heavy atom. The lowest BCUT2D eigenvalue weighted by Gasteiger charge is -2.10. The number of pyridine rings is 1. The van der Waals surface area contributed by atoms with Crippen molar-refractivity contribution in [2.24, 2.45) is 0 Å². The Balaban J connectivity index is 1.77. The molecule has 2 N–H and O–H groups in total. The summed E-state index contributed by atoms with van der Waals surface area (Å²) in [6.07, 6.45) is 6.70. The van der Waals surface area contributed by atoms with Gasteiger partial charge in [-0.1, -0.05) is 13.0 Å². The van der Waals surface area contributed by atoms with Crippen molar-refractivity contribution < 1.29 is 4.79 Å². The molecule has 0 bridgehead atoms. The Morgan fingerprint density at radius 3 is 3.04 bits per heavy atom. The number of carbonyl (C=O) groups is 1. The second-order valence-electron chi connectivity index (χ2n) is 6.33. The molecule has 0 saturated heterocycles. The van der Waals surface area contributed by atoms with Crippen molar-refractivity contribution in [3.8, 4) is 0 Å². The molecule has 0 saturated carbocycles. The molecule has 0 spiro atoms. The fourth-order valence-corrected chi connectivity index (χ4v) is 4.42. The van der Waals surface area contributed by atoms with Gasteiger partial charge in [0, 0.05) is 35.6 Å². The first-order valence-corrected chi connectivity index (χ1v) is 9.36. The third kappa shape index (κ3) is 2.85. The minimum absolute atomic E-state index is 0.175. The molecule has 2 aromatic heterocycles. The van der Waals surface area contributed by atoms with Crippen LogP contribution in [0.25, 0.3) is 10.1 Å². The van der Waals surface area contributed by atoms with Crippen molar-refractivity contribution in [3.05, 3.63) is 52.7 Å². The third-order valence-corrected chi connectivity index (χ3v) is 5.75. The number of thiophene rings is 1. The second-order valence-corrected chi connectivity index (χ2v) is 7.38. The Bertz CT molecular complexity index is 990. The average molecular weight is 349 g/mol.